The second-order valence-corrected chi connectivity index (χ2v) is 11.2. The molecule has 2 aromatic carbocycles. The number of aryl methyl sites for hydroxylation is 3. The number of carbonyl (C=O) groups is 3. The van der Waals surface area contributed by atoms with Crippen molar-refractivity contribution in [2.45, 2.75) is 72.6 Å². The summed E-state index contributed by atoms with van der Waals surface area (Å²) in [5, 5.41) is 5.77. The number of thioether (sulfide) groups is 1. The Morgan fingerprint density at radius 3 is 2.19 bits per heavy atom. The lowest BCUT2D eigenvalue weighted by molar-refractivity contribution is -0.140. The third-order valence-electron chi connectivity index (χ3n) is 5.75. The summed E-state index contributed by atoms with van der Waals surface area (Å²) in [5.74, 6) is 0.0230. The SMILES string of the molecule is CCN(C(=O)C(CCSC)NC(=O)OC(C)(C)C)C(C(=O)Nc1ccccc1C)c1cc(C)cc(C)c1. The third-order valence-corrected chi connectivity index (χ3v) is 6.39. The van der Waals surface area contributed by atoms with Gasteiger partial charge < -0.3 is 20.3 Å². The van der Waals surface area contributed by atoms with E-state index in [-0.39, 0.29) is 18.4 Å². The second kappa shape index (κ2) is 13.5. The van der Waals surface area contributed by atoms with E-state index in [1.54, 1.807) is 37.4 Å². The van der Waals surface area contributed by atoms with Crippen molar-refractivity contribution < 1.29 is 19.1 Å². The van der Waals surface area contributed by atoms with E-state index in [0.29, 0.717) is 17.9 Å². The van der Waals surface area contributed by atoms with Crippen molar-refractivity contribution in [1.29, 1.82) is 0 Å². The maximum Gasteiger partial charge on any atom is 0.408 e. The predicted octanol–water partition coefficient (Wildman–Crippen LogP) is 5.79. The van der Waals surface area contributed by atoms with Gasteiger partial charge in [-0.05, 0) is 84.1 Å². The second-order valence-electron chi connectivity index (χ2n) is 10.2. The Labute approximate surface area is 225 Å². The van der Waals surface area contributed by atoms with E-state index < -0.39 is 23.8 Å². The number of nitrogens with zero attached hydrogens (tertiary/aromatic N) is 1. The number of benzene rings is 2. The molecule has 3 amide bonds. The van der Waals surface area contributed by atoms with Crippen molar-refractivity contribution >= 4 is 35.4 Å². The Morgan fingerprint density at radius 2 is 1.65 bits per heavy atom. The summed E-state index contributed by atoms with van der Waals surface area (Å²) in [6.07, 6.45) is 1.70. The lowest BCUT2D eigenvalue weighted by atomic mass is 9.98. The minimum atomic E-state index is -0.882. The smallest absolute Gasteiger partial charge is 0.408 e. The summed E-state index contributed by atoms with van der Waals surface area (Å²) >= 11 is 1.58. The number of rotatable bonds is 10. The van der Waals surface area contributed by atoms with Crippen LogP contribution in [0.25, 0.3) is 0 Å². The van der Waals surface area contributed by atoms with Gasteiger partial charge in [0, 0.05) is 12.2 Å². The summed E-state index contributed by atoms with van der Waals surface area (Å²) in [6, 6.07) is 11.7. The van der Waals surface area contributed by atoms with Gasteiger partial charge in [-0.25, -0.2) is 4.79 Å². The van der Waals surface area contributed by atoms with Crippen molar-refractivity contribution in [3.8, 4) is 0 Å². The van der Waals surface area contributed by atoms with Gasteiger partial charge in [0.25, 0.3) is 5.91 Å². The van der Waals surface area contributed by atoms with E-state index >= 15 is 0 Å². The standard InChI is InChI=1S/C29H41N3O4S/c1-9-32(27(34)24(14-15-37-8)31-28(35)36-29(5,6)7)25(22-17-19(2)16-20(3)18-22)26(33)30-23-13-11-10-12-21(23)4/h10-13,16-18,24-25H,9,14-15H2,1-8H3,(H,30,33)(H,31,35). The van der Waals surface area contributed by atoms with Gasteiger partial charge in [0.2, 0.25) is 5.91 Å². The molecule has 37 heavy (non-hydrogen) atoms. The van der Waals surface area contributed by atoms with Gasteiger partial charge in [-0.15, -0.1) is 0 Å². The van der Waals surface area contributed by atoms with E-state index in [0.717, 1.165) is 22.3 Å². The molecule has 0 radical (unpaired) electrons. The highest BCUT2D eigenvalue weighted by atomic mass is 32.2. The summed E-state index contributed by atoms with van der Waals surface area (Å²) in [6.45, 7) is 13.3. The topological polar surface area (TPSA) is 87.7 Å². The Kier molecular flexibility index (Phi) is 11.0. The molecule has 0 aliphatic heterocycles. The number of carbonyl (C=O) groups excluding carboxylic acids is 3. The molecule has 0 aliphatic carbocycles. The molecule has 0 heterocycles. The van der Waals surface area contributed by atoms with Crippen LogP contribution in [0.2, 0.25) is 0 Å². The summed E-state index contributed by atoms with van der Waals surface area (Å²) in [4.78, 5) is 41.9. The molecule has 8 heteroatoms. The minimum absolute atomic E-state index is 0.281. The Morgan fingerprint density at radius 1 is 1.03 bits per heavy atom. The summed E-state index contributed by atoms with van der Waals surface area (Å²) in [5.41, 5.74) is 3.64. The molecular weight excluding hydrogens is 486 g/mol. The molecule has 2 atom stereocenters. The molecule has 2 rings (SSSR count). The number of likely N-dealkylation sites (N-methyl/N-ethyl adjacent to an activating group) is 1. The lowest BCUT2D eigenvalue weighted by Crippen LogP contribution is -2.52. The molecule has 2 aromatic rings. The maximum absolute atomic E-state index is 14.0. The largest absolute Gasteiger partial charge is 0.444 e. The van der Waals surface area contributed by atoms with Crippen LogP contribution < -0.4 is 10.6 Å². The van der Waals surface area contributed by atoms with Gasteiger partial charge in [0.05, 0.1) is 0 Å². The van der Waals surface area contributed by atoms with Crippen LogP contribution in [0.5, 0.6) is 0 Å². The quantitative estimate of drug-likeness (QED) is 0.409. The highest BCUT2D eigenvalue weighted by Crippen LogP contribution is 2.27. The summed E-state index contributed by atoms with van der Waals surface area (Å²) in [7, 11) is 0. The van der Waals surface area contributed by atoms with E-state index in [2.05, 4.69) is 10.6 Å². The van der Waals surface area contributed by atoms with Crippen LogP contribution in [0.15, 0.2) is 42.5 Å². The molecule has 0 spiro atoms. The van der Waals surface area contributed by atoms with E-state index in [1.165, 1.54) is 0 Å². The van der Waals surface area contributed by atoms with Gasteiger partial charge in [-0.2, -0.15) is 11.8 Å². The van der Waals surface area contributed by atoms with Crippen LogP contribution in [-0.4, -0.2) is 53.0 Å². The normalized spacial score (nSPS) is 12.9. The number of hydrogen-bond donors (Lipinski definition) is 2. The highest BCUT2D eigenvalue weighted by Gasteiger charge is 2.35. The highest BCUT2D eigenvalue weighted by molar-refractivity contribution is 7.98. The lowest BCUT2D eigenvalue weighted by Gasteiger charge is -2.34. The number of para-hydroxylation sites is 1. The third kappa shape index (κ3) is 9.11. The van der Waals surface area contributed by atoms with Crippen molar-refractivity contribution in [3.63, 3.8) is 0 Å². The Hall–Kier alpha value is -3.00. The molecule has 202 valence electrons. The first-order valence-electron chi connectivity index (χ1n) is 12.6. The molecule has 7 nitrogen and oxygen atoms in total. The molecule has 0 saturated carbocycles. The molecule has 0 aliphatic rings. The molecule has 0 bridgehead atoms. The average molecular weight is 528 g/mol. The van der Waals surface area contributed by atoms with Gasteiger partial charge in [-0.3, -0.25) is 9.59 Å². The van der Waals surface area contributed by atoms with Gasteiger partial charge in [-0.1, -0.05) is 47.5 Å². The number of amides is 3. The fraction of sp³-hybridized carbons (Fsp3) is 0.483. The fourth-order valence-electron chi connectivity index (χ4n) is 4.16. The molecule has 0 saturated heterocycles. The van der Waals surface area contributed by atoms with Crippen LogP contribution in [0, 0.1) is 20.8 Å². The van der Waals surface area contributed by atoms with Crippen molar-refractivity contribution in [1.82, 2.24) is 10.2 Å². The van der Waals surface area contributed by atoms with E-state index in [1.807, 2.05) is 76.4 Å². The molecule has 0 fully saturated rings. The minimum Gasteiger partial charge on any atom is -0.444 e. The van der Waals surface area contributed by atoms with Crippen molar-refractivity contribution in [2.75, 3.05) is 23.9 Å². The van der Waals surface area contributed by atoms with Crippen LogP contribution in [0.1, 0.15) is 62.4 Å². The average Bonchev–Trinajstić information content (AvgIpc) is 2.79. The van der Waals surface area contributed by atoms with Crippen molar-refractivity contribution in [2.24, 2.45) is 0 Å². The number of ether oxygens (including phenoxy) is 1. The van der Waals surface area contributed by atoms with E-state index in [9.17, 15) is 14.4 Å². The first-order chi connectivity index (χ1) is 17.4. The monoisotopic (exact) mass is 527 g/mol. The predicted molar refractivity (Wildman–Crippen MR) is 152 cm³/mol. The first-order valence-corrected chi connectivity index (χ1v) is 14.0. The molecule has 2 N–H and O–H groups in total. The van der Waals surface area contributed by atoms with E-state index in [4.69, 9.17) is 4.74 Å². The first kappa shape index (κ1) is 30.2. The zero-order valence-electron chi connectivity index (χ0n) is 23.3. The van der Waals surface area contributed by atoms with Crippen molar-refractivity contribution in [3.05, 3.63) is 64.7 Å². The molecule has 2 unspecified atom stereocenters. The number of alkyl carbamates (subject to hydrolysis) is 1. The number of nitrogens with one attached hydrogen (secondary N) is 2. The molecular formula is C29H41N3O4S. The van der Waals surface area contributed by atoms with Crippen LogP contribution in [0.4, 0.5) is 10.5 Å². The fourth-order valence-corrected chi connectivity index (χ4v) is 4.63. The maximum atomic E-state index is 14.0. The van der Waals surface area contributed by atoms with Gasteiger partial charge >= 0.3 is 6.09 Å². The number of anilines is 1. The van der Waals surface area contributed by atoms with Crippen LogP contribution in [-0.2, 0) is 14.3 Å². The Balaban J connectivity index is 2.49. The van der Waals surface area contributed by atoms with Crippen LogP contribution >= 0.6 is 11.8 Å². The zero-order valence-corrected chi connectivity index (χ0v) is 24.1. The number of hydrogen-bond acceptors (Lipinski definition) is 5. The Bertz CT molecular complexity index is 1080. The van der Waals surface area contributed by atoms with Gasteiger partial charge in [0.1, 0.15) is 17.7 Å². The zero-order chi connectivity index (χ0) is 27.8. The summed E-state index contributed by atoms with van der Waals surface area (Å²) < 4.78 is 5.42. The van der Waals surface area contributed by atoms with Crippen LogP contribution in [0.3, 0.4) is 0 Å². The van der Waals surface area contributed by atoms with Gasteiger partial charge in [0.15, 0.2) is 0 Å². The molecule has 0 aromatic heterocycles.